The fourth-order valence-electron chi connectivity index (χ4n) is 4.90. The van der Waals surface area contributed by atoms with Crippen LogP contribution in [0.4, 0.5) is 5.95 Å². The van der Waals surface area contributed by atoms with E-state index in [0.29, 0.717) is 11.7 Å². The molecule has 1 saturated heterocycles. The van der Waals surface area contributed by atoms with Crippen molar-refractivity contribution in [3.8, 4) is 0 Å². The maximum atomic E-state index is 6.69. The number of hydrogen-bond acceptors (Lipinski definition) is 8. The molecule has 0 unspecified atom stereocenters. The molecule has 6 rings (SSSR count). The molecule has 3 aromatic heterocycles. The number of benzene rings is 1. The SMILES string of the molecule is N[C@@H]1c2ccccc2CC12CCN(c1ncc(Sc3cnc4ncccn34)nn1)CC2. The summed E-state index contributed by atoms with van der Waals surface area (Å²) in [5.41, 5.74) is 9.57. The first-order valence-corrected chi connectivity index (χ1v) is 11.3. The molecule has 0 saturated carbocycles. The van der Waals surface area contributed by atoms with Gasteiger partial charge in [0, 0.05) is 31.5 Å². The van der Waals surface area contributed by atoms with Crippen LogP contribution in [0.25, 0.3) is 5.78 Å². The maximum Gasteiger partial charge on any atom is 0.245 e. The standard InChI is InChI=1S/C22H22N8S/c23-19-16-5-2-1-4-15(16)12-22(19)6-10-29(11-7-22)21-25-13-17(27-28-21)31-18-14-26-20-24-8-3-9-30(18)20/h1-5,8-9,13-14,19H,6-7,10-12,23H2/t19-/m1/s1. The molecule has 1 atom stereocenters. The van der Waals surface area contributed by atoms with Crippen LogP contribution in [0, 0.1) is 5.41 Å². The van der Waals surface area contributed by atoms with Crippen LogP contribution in [0.3, 0.4) is 0 Å². The highest BCUT2D eigenvalue weighted by atomic mass is 32.2. The van der Waals surface area contributed by atoms with Crippen LogP contribution in [-0.2, 0) is 6.42 Å². The summed E-state index contributed by atoms with van der Waals surface area (Å²) in [5, 5.41) is 10.5. The Morgan fingerprint density at radius 3 is 2.68 bits per heavy atom. The van der Waals surface area contributed by atoms with Gasteiger partial charge in [-0.2, -0.15) is 0 Å². The van der Waals surface area contributed by atoms with Crippen LogP contribution < -0.4 is 10.6 Å². The second-order valence-corrected chi connectivity index (χ2v) is 9.33. The monoisotopic (exact) mass is 430 g/mol. The molecule has 0 amide bonds. The molecule has 0 bridgehead atoms. The van der Waals surface area contributed by atoms with Gasteiger partial charge in [-0.1, -0.05) is 24.3 Å². The zero-order valence-corrected chi connectivity index (χ0v) is 17.7. The average Bonchev–Trinajstić information content (AvgIpc) is 3.34. The highest BCUT2D eigenvalue weighted by Crippen LogP contribution is 2.50. The summed E-state index contributed by atoms with van der Waals surface area (Å²) in [6, 6.07) is 10.6. The van der Waals surface area contributed by atoms with Crippen molar-refractivity contribution in [2.75, 3.05) is 18.0 Å². The Balaban J connectivity index is 1.14. The number of fused-ring (bicyclic) bond motifs is 2. The van der Waals surface area contributed by atoms with E-state index in [9.17, 15) is 0 Å². The fourth-order valence-corrected chi connectivity index (χ4v) is 5.64. The van der Waals surface area contributed by atoms with E-state index < -0.39 is 0 Å². The normalized spacial score (nSPS) is 19.8. The number of piperidine rings is 1. The van der Waals surface area contributed by atoms with Crippen LogP contribution in [0.1, 0.15) is 30.0 Å². The Labute approximate surface area is 183 Å². The Hall–Kier alpha value is -3.04. The van der Waals surface area contributed by atoms with Crippen molar-refractivity contribution in [2.24, 2.45) is 11.1 Å². The highest BCUT2D eigenvalue weighted by Gasteiger charge is 2.46. The Morgan fingerprint density at radius 2 is 1.87 bits per heavy atom. The second kappa shape index (κ2) is 7.28. The smallest absolute Gasteiger partial charge is 0.245 e. The summed E-state index contributed by atoms with van der Waals surface area (Å²) in [4.78, 5) is 15.4. The summed E-state index contributed by atoms with van der Waals surface area (Å²) in [6.45, 7) is 1.80. The van der Waals surface area contributed by atoms with Gasteiger partial charge in [-0.3, -0.25) is 4.40 Å². The fraction of sp³-hybridized carbons (Fsp3) is 0.318. The van der Waals surface area contributed by atoms with Crippen LogP contribution in [0.15, 0.2) is 65.2 Å². The number of nitrogens with zero attached hydrogens (tertiary/aromatic N) is 7. The quantitative estimate of drug-likeness (QED) is 0.530. The molecule has 156 valence electrons. The molecule has 4 aromatic rings. The van der Waals surface area contributed by atoms with Gasteiger partial charge in [-0.15, -0.1) is 10.2 Å². The van der Waals surface area contributed by atoms with E-state index in [1.165, 1.54) is 22.9 Å². The minimum atomic E-state index is 0.114. The molecular weight excluding hydrogens is 408 g/mol. The van der Waals surface area contributed by atoms with Gasteiger partial charge < -0.3 is 10.6 Å². The first kappa shape index (κ1) is 18.7. The average molecular weight is 431 g/mol. The summed E-state index contributed by atoms with van der Waals surface area (Å²) in [7, 11) is 0. The Morgan fingerprint density at radius 1 is 1.00 bits per heavy atom. The van der Waals surface area contributed by atoms with Crippen molar-refractivity contribution in [2.45, 2.75) is 35.4 Å². The van der Waals surface area contributed by atoms with Crippen LogP contribution in [0.5, 0.6) is 0 Å². The van der Waals surface area contributed by atoms with Gasteiger partial charge in [0.05, 0.1) is 12.4 Å². The lowest BCUT2D eigenvalue weighted by atomic mass is 9.73. The van der Waals surface area contributed by atoms with Crippen molar-refractivity contribution in [3.05, 3.63) is 66.2 Å². The molecule has 0 radical (unpaired) electrons. The number of nitrogens with two attached hydrogens (primary N) is 1. The van der Waals surface area contributed by atoms with Gasteiger partial charge in [0.25, 0.3) is 0 Å². The molecule has 2 aliphatic rings. The van der Waals surface area contributed by atoms with Crippen molar-refractivity contribution < 1.29 is 0 Å². The third-order valence-corrected chi connectivity index (χ3v) is 7.53. The van der Waals surface area contributed by atoms with E-state index in [2.05, 4.69) is 54.3 Å². The van der Waals surface area contributed by atoms with Crippen LogP contribution >= 0.6 is 11.8 Å². The third-order valence-electron chi connectivity index (χ3n) is 6.63. The predicted octanol–water partition coefficient (Wildman–Crippen LogP) is 2.91. The molecule has 1 fully saturated rings. The van der Waals surface area contributed by atoms with E-state index in [1.807, 2.05) is 16.7 Å². The molecule has 1 aromatic carbocycles. The lowest BCUT2D eigenvalue weighted by Gasteiger charge is -2.42. The molecule has 1 aliphatic carbocycles. The van der Waals surface area contributed by atoms with Gasteiger partial charge in [0.2, 0.25) is 11.7 Å². The third kappa shape index (κ3) is 3.16. The van der Waals surface area contributed by atoms with E-state index in [1.54, 1.807) is 18.6 Å². The zero-order chi connectivity index (χ0) is 20.8. The summed E-state index contributed by atoms with van der Waals surface area (Å²) in [6.07, 6.45) is 10.4. The number of rotatable bonds is 3. The van der Waals surface area contributed by atoms with E-state index >= 15 is 0 Å². The van der Waals surface area contributed by atoms with E-state index in [-0.39, 0.29) is 11.5 Å². The minimum absolute atomic E-state index is 0.114. The molecule has 2 N–H and O–H groups in total. The summed E-state index contributed by atoms with van der Waals surface area (Å²) in [5.74, 6) is 1.35. The molecule has 1 aliphatic heterocycles. The van der Waals surface area contributed by atoms with Crippen molar-refractivity contribution >= 4 is 23.5 Å². The molecule has 1 spiro atoms. The Kier molecular flexibility index (Phi) is 4.39. The van der Waals surface area contributed by atoms with E-state index in [4.69, 9.17) is 5.73 Å². The van der Waals surface area contributed by atoms with Gasteiger partial charge in [0.1, 0.15) is 10.1 Å². The van der Waals surface area contributed by atoms with Crippen molar-refractivity contribution in [3.63, 3.8) is 0 Å². The van der Waals surface area contributed by atoms with Gasteiger partial charge in [0.15, 0.2) is 0 Å². The summed E-state index contributed by atoms with van der Waals surface area (Å²) < 4.78 is 1.92. The van der Waals surface area contributed by atoms with Crippen LogP contribution in [0.2, 0.25) is 0 Å². The first-order chi connectivity index (χ1) is 15.2. The lowest BCUT2D eigenvalue weighted by Crippen LogP contribution is -2.45. The number of anilines is 1. The summed E-state index contributed by atoms with van der Waals surface area (Å²) >= 11 is 1.48. The first-order valence-electron chi connectivity index (χ1n) is 10.5. The molecule has 9 heteroatoms. The molecular formula is C22H22N8S. The number of imidazole rings is 1. The largest absolute Gasteiger partial charge is 0.339 e. The topological polar surface area (TPSA) is 98.1 Å². The predicted molar refractivity (Wildman–Crippen MR) is 118 cm³/mol. The second-order valence-electron chi connectivity index (χ2n) is 8.29. The van der Waals surface area contributed by atoms with Gasteiger partial charge in [-0.05, 0) is 53.6 Å². The number of hydrogen-bond donors (Lipinski definition) is 1. The minimum Gasteiger partial charge on any atom is -0.339 e. The molecule has 8 nitrogen and oxygen atoms in total. The molecule has 31 heavy (non-hydrogen) atoms. The van der Waals surface area contributed by atoms with E-state index in [0.717, 1.165) is 42.4 Å². The Bertz CT molecular complexity index is 1230. The van der Waals surface area contributed by atoms with Crippen molar-refractivity contribution in [1.82, 2.24) is 29.5 Å². The van der Waals surface area contributed by atoms with Crippen LogP contribution in [-0.4, -0.2) is 42.6 Å². The van der Waals surface area contributed by atoms with Crippen molar-refractivity contribution in [1.29, 1.82) is 0 Å². The van der Waals surface area contributed by atoms with Gasteiger partial charge >= 0.3 is 0 Å². The lowest BCUT2D eigenvalue weighted by molar-refractivity contribution is 0.186. The molecule has 4 heterocycles. The maximum absolute atomic E-state index is 6.69. The highest BCUT2D eigenvalue weighted by molar-refractivity contribution is 7.99. The zero-order valence-electron chi connectivity index (χ0n) is 16.9. The van der Waals surface area contributed by atoms with Gasteiger partial charge in [-0.25, -0.2) is 15.0 Å². The number of aromatic nitrogens is 6.